The Labute approximate surface area is 182 Å². The molecule has 0 bridgehead atoms. The second-order valence-corrected chi connectivity index (χ2v) is 8.72. The monoisotopic (exact) mass is 458 g/mol. The number of aryl methyl sites for hydroxylation is 1. The summed E-state index contributed by atoms with van der Waals surface area (Å²) in [7, 11) is -1.31. The third kappa shape index (κ3) is 6.81. The average molecular weight is 458 g/mol. The molecule has 1 saturated carbocycles. The SMILES string of the molecule is CC.Cc1ccc(Nc2c(NP(C)OC3(CC(O)CO)CC3)ccc(F)c2F)c(F)c1. The fraction of sp³-hybridized carbons (Fsp3) is 0.455. The molecule has 0 spiro atoms. The molecule has 2 aromatic rings. The van der Waals surface area contributed by atoms with Gasteiger partial charge in [0.2, 0.25) is 0 Å². The van der Waals surface area contributed by atoms with E-state index in [1.165, 1.54) is 18.2 Å². The molecule has 172 valence electrons. The third-order valence-electron chi connectivity index (χ3n) is 4.71. The molecule has 31 heavy (non-hydrogen) atoms. The van der Waals surface area contributed by atoms with E-state index in [9.17, 15) is 18.3 Å². The molecule has 2 unspecified atom stereocenters. The molecule has 9 heteroatoms. The maximum Gasteiger partial charge on any atom is 0.184 e. The topological polar surface area (TPSA) is 73.8 Å². The van der Waals surface area contributed by atoms with Crippen LogP contribution in [-0.4, -0.2) is 35.2 Å². The first-order valence-electron chi connectivity index (χ1n) is 10.2. The number of benzene rings is 2. The summed E-state index contributed by atoms with van der Waals surface area (Å²) in [5.74, 6) is -2.77. The van der Waals surface area contributed by atoms with E-state index in [1.54, 1.807) is 19.7 Å². The van der Waals surface area contributed by atoms with Gasteiger partial charge in [-0.2, -0.15) is 0 Å². The second-order valence-electron chi connectivity index (χ2n) is 7.32. The lowest BCUT2D eigenvalue weighted by atomic mass is 10.1. The molecule has 3 rings (SSSR count). The van der Waals surface area contributed by atoms with E-state index in [-0.39, 0.29) is 23.7 Å². The van der Waals surface area contributed by atoms with Crippen molar-refractivity contribution in [1.82, 2.24) is 0 Å². The summed E-state index contributed by atoms with van der Waals surface area (Å²) in [5.41, 5.74) is 0.220. The first kappa shape index (κ1) is 25.4. The number of rotatable bonds is 9. The highest BCUT2D eigenvalue weighted by Crippen LogP contribution is 2.53. The van der Waals surface area contributed by atoms with Crippen molar-refractivity contribution in [2.24, 2.45) is 0 Å². The lowest BCUT2D eigenvalue weighted by Gasteiger charge is -2.25. The van der Waals surface area contributed by atoms with Gasteiger partial charge >= 0.3 is 0 Å². The van der Waals surface area contributed by atoms with Gasteiger partial charge in [-0.1, -0.05) is 19.9 Å². The fourth-order valence-electron chi connectivity index (χ4n) is 3.07. The fourth-order valence-corrected chi connectivity index (χ4v) is 4.48. The van der Waals surface area contributed by atoms with E-state index >= 15 is 0 Å². The van der Waals surface area contributed by atoms with E-state index < -0.39 is 37.5 Å². The van der Waals surface area contributed by atoms with E-state index in [1.807, 2.05) is 13.8 Å². The molecule has 0 amide bonds. The van der Waals surface area contributed by atoms with Crippen LogP contribution < -0.4 is 10.4 Å². The minimum atomic E-state index is -1.31. The van der Waals surface area contributed by atoms with Crippen molar-refractivity contribution in [3.05, 3.63) is 53.3 Å². The van der Waals surface area contributed by atoms with Crippen molar-refractivity contribution >= 4 is 25.4 Å². The summed E-state index contributed by atoms with van der Waals surface area (Å²) in [6, 6.07) is 6.76. The van der Waals surface area contributed by atoms with Gasteiger partial charge in [-0.15, -0.1) is 0 Å². The quantitative estimate of drug-likeness (QED) is 0.356. The van der Waals surface area contributed by atoms with Gasteiger partial charge in [0.25, 0.3) is 0 Å². The molecule has 2 atom stereocenters. The average Bonchev–Trinajstić information content (AvgIpc) is 3.49. The Balaban J connectivity index is 0.00000166. The largest absolute Gasteiger partial charge is 0.394 e. The van der Waals surface area contributed by atoms with Gasteiger partial charge in [-0.05, 0) is 56.3 Å². The number of aliphatic hydroxyl groups excluding tert-OH is 2. The van der Waals surface area contributed by atoms with Crippen molar-refractivity contribution in [3.63, 3.8) is 0 Å². The van der Waals surface area contributed by atoms with Crippen molar-refractivity contribution < 1.29 is 27.9 Å². The Hall–Kier alpha value is -1.86. The summed E-state index contributed by atoms with van der Waals surface area (Å²) in [6.45, 7) is 7.14. The first-order valence-corrected chi connectivity index (χ1v) is 11.9. The highest BCUT2D eigenvalue weighted by Gasteiger charge is 2.46. The molecular formula is C22H30F3N2O3P. The van der Waals surface area contributed by atoms with Crippen LogP contribution in [0.4, 0.5) is 30.2 Å². The molecule has 0 heterocycles. The molecule has 5 nitrogen and oxygen atoms in total. The van der Waals surface area contributed by atoms with E-state index in [0.717, 1.165) is 18.9 Å². The summed E-state index contributed by atoms with van der Waals surface area (Å²) in [4.78, 5) is 0. The molecule has 2 aromatic carbocycles. The number of aliphatic hydroxyl groups is 2. The highest BCUT2D eigenvalue weighted by atomic mass is 31.2. The lowest BCUT2D eigenvalue weighted by Crippen LogP contribution is -2.24. The lowest BCUT2D eigenvalue weighted by molar-refractivity contribution is 0.0455. The zero-order chi connectivity index (χ0) is 23.2. The number of halogens is 3. The van der Waals surface area contributed by atoms with Gasteiger partial charge in [-0.25, -0.2) is 13.2 Å². The Morgan fingerprint density at radius 2 is 1.74 bits per heavy atom. The van der Waals surface area contributed by atoms with Crippen LogP contribution in [0.15, 0.2) is 30.3 Å². The van der Waals surface area contributed by atoms with Crippen LogP contribution in [0.3, 0.4) is 0 Å². The standard InChI is InChI=1S/C20H24F3N2O3P.C2H6/c1-12-3-5-16(15(22)9-12)24-19-17(6-4-14(21)18(19)23)25-29(2)28-20(7-8-20)10-13(27)11-26;1-2/h3-6,9,13,24-27H,7-8,10-11H2,1-2H3;1-2H3. The molecule has 1 fully saturated rings. The van der Waals surface area contributed by atoms with Gasteiger partial charge in [0, 0.05) is 6.42 Å². The maximum atomic E-state index is 14.5. The number of nitrogens with one attached hydrogen (secondary N) is 2. The number of anilines is 3. The van der Waals surface area contributed by atoms with Crippen LogP contribution in [0.2, 0.25) is 0 Å². The van der Waals surface area contributed by atoms with E-state index in [4.69, 9.17) is 9.63 Å². The first-order chi connectivity index (χ1) is 14.7. The molecule has 4 N–H and O–H groups in total. The molecule has 0 aliphatic heterocycles. The van der Waals surface area contributed by atoms with Gasteiger partial charge in [0.05, 0.1) is 29.7 Å². The smallest absolute Gasteiger partial charge is 0.184 e. The summed E-state index contributed by atoms with van der Waals surface area (Å²) in [6.07, 6.45) is 0.923. The molecular weight excluding hydrogens is 428 g/mol. The predicted octanol–water partition coefficient (Wildman–Crippen LogP) is 5.83. The number of hydrogen-bond acceptors (Lipinski definition) is 5. The number of hydrogen-bond donors (Lipinski definition) is 4. The maximum absolute atomic E-state index is 14.5. The molecule has 1 aliphatic rings. The van der Waals surface area contributed by atoms with Crippen LogP contribution >= 0.6 is 8.30 Å². The minimum Gasteiger partial charge on any atom is -0.394 e. The van der Waals surface area contributed by atoms with Crippen LogP contribution in [0.25, 0.3) is 0 Å². The summed E-state index contributed by atoms with van der Waals surface area (Å²) in [5, 5.41) is 24.4. The molecule has 0 aromatic heterocycles. The van der Waals surface area contributed by atoms with Crippen LogP contribution in [0, 0.1) is 24.4 Å². The molecule has 0 saturated heterocycles. The Morgan fingerprint density at radius 1 is 1.10 bits per heavy atom. The Morgan fingerprint density at radius 3 is 2.32 bits per heavy atom. The Kier molecular flexibility index (Phi) is 9.13. The highest BCUT2D eigenvalue weighted by molar-refractivity contribution is 7.53. The molecule has 0 radical (unpaired) electrons. The summed E-state index contributed by atoms with van der Waals surface area (Å²) >= 11 is 0. The predicted molar refractivity (Wildman–Crippen MR) is 119 cm³/mol. The van der Waals surface area contributed by atoms with Gasteiger partial charge < -0.3 is 25.1 Å². The van der Waals surface area contributed by atoms with Gasteiger partial charge in [-0.3, -0.25) is 0 Å². The van der Waals surface area contributed by atoms with Gasteiger partial charge in [0.1, 0.15) is 19.8 Å². The van der Waals surface area contributed by atoms with E-state index in [0.29, 0.717) is 12.0 Å². The second kappa shape index (κ2) is 11.1. The van der Waals surface area contributed by atoms with Crippen LogP contribution in [0.5, 0.6) is 0 Å². The van der Waals surface area contributed by atoms with Crippen molar-refractivity contribution in [3.8, 4) is 0 Å². The summed E-state index contributed by atoms with van der Waals surface area (Å²) < 4.78 is 48.5. The van der Waals surface area contributed by atoms with Crippen LogP contribution in [0.1, 0.15) is 38.7 Å². The van der Waals surface area contributed by atoms with Crippen LogP contribution in [-0.2, 0) is 4.52 Å². The molecule has 1 aliphatic carbocycles. The third-order valence-corrected chi connectivity index (χ3v) is 5.93. The minimum absolute atomic E-state index is 0.0224. The zero-order valence-electron chi connectivity index (χ0n) is 18.2. The van der Waals surface area contributed by atoms with E-state index in [2.05, 4.69) is 10.4 Å². The van der Waals surface area contributed by atoms with Crippen molar-refractivity contribution in [2.75, 3.05) is 23.7 Å². The van der Waals surface area contributed by atoms with Crippen molar-refractivity contribution in [1.29, 1.82) is 0 Å². The Bertz CT molecular complexity index is 881. The normalized spacial score (nSPS) is 16.0. The van der Waals surface area contributed by atoms with Gasteiger partial charge in [0.15, 0.2) is 11.6 Å². The van der Waals surface area contributed by atoms with Crippen molar-refractivity contribution in [2.45, 2.75) is 51.7 Å². The zero-order valence-corrected chi connectivity index (χ0v) is 19.1.